The number of ether oxygens (including phenoxy) is 1. The van der Waals surface area contributed by atoms with Gasteiger partial charge < -0.3 is 20.3 Å². The van der Waals surface area contributed by atoms with Gasteiger partial charge >= 0.3 is 0 Å². The molecule has 4 rings (SSSR count). The van der Waals surface area contributed by atoms with Crippen molar-refractivity contribution in [2.75, 3.05) is 11.4 Å². The van der Waals surface area contributed by atoms with Crippen LogP contribution in [0.2, 0.25) is 10.0 Å². The molecule has 0 aliphatic carbocycles. The number of fused-ring (bicyclic) bond motifs is 2. The standard InChI is InChI=1S/C25H27Cl2F3N4O3/c1-25(2,37-20-10-19(28)17(26)9-18(20)27)24(36)33-14-7-15-4-5-16(8-14)34(15)22-6-3-13(11-31-22)23(35)32-12-21(29)30/h3,6,9-11,14-16,21H,4-5,7-8,12H2,1-2H3,(H,32,35)(H,33,36)/t14-,15+,16-. The maximum Gasteiger partial charge on any atom is 0.263 e. The highest BCUT2D eigenvalue weighted by molar-refractivity contribution is 6.35. The minimum atomic E-state index is -2.62. The number of anilines is 1. The number of hydrogen-bond acceptors (Lipinski definition) is 5. The summed E-state index contributed by atoms with van der Waals surface area (Å²) in [6.45, 7) is 2.45. The molecule has 0 saturated carbocycles. The number of halogens is 5. The molecule has 2 bridgehead atoms. The SMILES string of the molecule is CC(C)(Oc1cc(F)c(Cl)cc1Cl)C(=O)N[C@H]1C[C@H]2CC[C@@H](C1)N2c1ccc(C(=O)NCC(F)F)cn1. The number of pyridine rings is 1. The quantitative estimate of drug-likeness (QED) is 0.445. The minimum absolute atomic E-state index is 0.0241. The molecule has 200 valence electrons. The van der Waals surface area contributed by atoms with E-state index in [2.05, 4.69) is 20.5 Å². The largest absolute Gasteiger partial charge is 0.476 e. The number of amides is 2. The van der Waals surface area contributed by atoms with E-state index in [-0.39, 0.29) is 45.4 Å². The Labute approximate surface area is 222 Å². The Morgan fingerprint density at radius 3 is 2.43 bits per heavy atom. The number of alkyl halides is 2. The highest BCUT2D eigenvalue weighted by Crippen LogP contribution is 2.39. The van der Waals surface area contributed by atoms with Crippen LogP contribution in [-0.2, 0) is 4.79 Å². The first kappa shape index (κ1) is 27.3. The number of aromatic nitrogens is 1. The highest BCUT2D eigenvalue weighted by Gasteiger charge is 2.43. The smallest absolute Gasteiger partial charge is 0.263 e. The lowest BCUT2D eigenvalue weighted by atomic mass is 9.96. The third-order valence-corrected chi connectivity index (χ3v) is 7.23. The van der Waals surface area contributed by atoms with Gasteiger partial charge in [-0.05, 0) is 57.7 Å². The van der Waals surface area contributed by atoms with Crippen molar-refractivity contribution in [3.8, 4) is 5.75 Å². The number of carbonyl (C=O) groups is 2. The van der Waals surface area contributed by atoms with Gasteiger partial charge in [0.1, 0.15) is 17.4 Å². The fourth-order valence-electron chi connectivity index (χ4n) is 4.88. The molecule has 2 saturated heterocycles. The fraction of sp³-hybridized carbons (Fsp3) is 0.480. The summed E-state index contributed by atoms with van der Waals surface area (Å²) in [5.41, 5.74) is -1.11. The van der Waals surface area contributed by atoms with Gasteiger partial charge in [-0.3, -0.25) is 9.59 Å². The third-order valence-electron chi connectivity index (χ3n) is 6.65. The molecule has 2 N–H and O–H groups in total. The number of nitrogens with one attached hydrogen (secondary N) is 2. The summed E-state index contributed by atoms with van der Waals surface area (Å²) in [6.07, 6.45) is 1.99. The van der Waals surface area contributed by atoms with Crippen molar-refractivity contribution < 1.29 is 27.5 Å². The number of nitrogens with zero attached hydrogens (tertiary/aromatic N) is 2. The molecule has 0 radical (unpaired) electrons. The van der Waals surface area contributed by atoms with Crippen molar-refractivity contribution in [2.45, 2.75) is 69.7 Å². The van der Waals surface area contributed by atoms with Gasteiger partial charge in [-0.15, -0.1) is 0 Å². The van der Waals surface area contributed by atoms with E-state index in [1.165, 1.54) is 12.3 Å². The summed E-state index contributed by atoms with van der Waals surface area (Å²) in [6, 6.07) is 5.75. The molecular weight excluding hydrogens is 532 g/mol. The first-order chi connectivity index (χ1) is 17.4. The Hall–Kier alpha value is -2.72. The molecule has 0 spiro atoms. The number of piperidine rings is 1. The molecular formula is C25H27Cl2F3N4O3. The lowest BCUT2D eigenvalue weighted by molar-refractivity contribution is -0.135. The van der Waals surface area contributed by atoms with Gasteiger partial charge in [0.25, 0.3) is 18.2 Å². The Bertz CT molecular complexity index is 1150. The average Bonchev–Trinajstić information content (AvgIpc) is 3.10. The van der Waals surface area contributed by atoms with E-state index >= 15 is 0 Å². The molecule has 2 aliphatic rings. The molecule has 1 aromatic carbocycles. The van der Waals surface area contributed by atoms with Gasteiger partial charge in [0.15, 0.2) is 5.60 Å². The van der Waals surface area contributed by atoms with E-state index in [0.29, 0.717) is 18.7 Å². The van der Waals surface area contributed by atoms with Crippen molar-refractivity contribution >= 4 is 40.8 Å². The minimum Gasteiger partial charge on any atom is -0.476 e. The molecule has 2 fully saturated rings. The van der Waals surface area contributed by atoms with Crippen molar-refractivity contribution in [3.63, 3.8) is 0 Å². The molecule has 7 nitrogen and oxygen atoms in total. The van der Waals surface area contributed by atoms with E-state index in [0.717, 1.165) is 18.9 Å². The van der Waals surface area contributed by atoms with Gasteiger partial charge in [-0.2, -0.15) is 0 Å². The van der Waals surface area contributed by atoms with E-state index < -0.39 is 30.3 Å². The van der Waals surface area contributed by atoms with Crippen LogP contribution in [0.25, 0.3) is 0 Å². The van der Waals surface area contributed by atoms with Gasteiger partial charge in [0.2, 0.25) is 0 Å². The van der Waals surface area contributed by atoms with E-state index in [4.69, 9.17) is 27.9 Å². The Kier molecular flexibility index (Phi) is 8.08. The summed E-state index contributed by atoms with van der Waals surface area (Å²) < 4.78 is 44.3. The predicted molar refractivity (Wildman–Crippen MR) is 134 cm³/mol. The van der Waals surface area contributed by atoms with E-state index in [9.17, 15) is 22.8 Å². The van der Waals surface area contributed by atoms with Crippen molar-refractivity contribution in [1.82, 2.24) is 15.6 Å². The van der Waals surface area contributed by atoms with Crippen LogP contribution in [0.3, 0.4) is 0 Å². The topological polar surface area (TPSA) is 83.6 Å². The second kappa shape index (κ2) is 10.9. The van der Waals surface area contributed by atoms with Crippen molar-refractivity contribution in [1.29, 1.82) is 0 Å². The Morgan fingerprint density at radius 2 is 1.84 bits per heavy atom. The molecule has 12 heteroatoms. The molecule has 2 aliphatic heterocycles. The number of benzene rings is 1. The normalized spacial score (nSPS) is 21.2. The van der Waals surface area contributed by atoms with Crippen LogP contribution in [0.15, 0.2) is 30.5 Å². The number of carbonyl (C=O) groups excluding carboxylic acids is 2. The summed E-state index contributed by atoms with van der Waals surface area (Å²) in [5.74, 6) is -0.927. The van der Waals surface area contributed by atoms with Crippen molar-refractivity contribution in [2.24, 2.45) is 0 Å². The van der Waals surface area contributed by atoms with Crippen LogP contribution < -0.4 is 20.3 Å². The zero-order valence-corrected chi connectivity index (χ0v) is 21.8. The van der Waals surface area contributed by atoms with Gasteiger partial charge in [0.05, 0.1) is 22.2 Å². The first-order valence-corrected chi connectivity index (χ1v) is 12.7. The lowest BCUT2D eigenvalue weighted by Crippen LogP contribution is -2.55. The van der Waals surface area contributed by atoms with Gasteiger partial charge in [-0.25, -0.2) is 18.2 Å². The van der Waals surface area contributed by atoms with Crippen LogP contribution in [0.1, 0.15) is 49.9 Å². The van der Waals surface area contributed by atoms with Crippen LogP contribution in [0.4, 0.5) is 19.0 Å². The average molecular weight is 559 g/mol. The second-order valence-electron chi connectivity index (χ2n) is 9.75. The molecule has 2 aromatic rings. The van der Waals surface area contributed by atoms with Crippen LogP contribution in [0, 0.1) is 5.82 Å². The van der Waals surface area contributed by atoms with E-state index in [1.54, 1.807) is 26.0 Å². The molecule has 3 heterocycles. The predicted octanol–water partition coefficient (Wildman–Crippen LogP) is 5.00. The fourth-order valence-corrected chi connectivity index (χ4v) is 5.30. The molecule has 1 aromatic heterocycles. The third kappa shape index (κ3) is 6.23. The monoisotopic (exact) mass is 558 g/mol. The second-order valence-corrected chi connectivity index (χ2v) is 10.6. The summed E-state index contributed by atoms with van der Waals surface area (Å²) in [5, 5.41) is 5.18. The lowest BCUT2D eigenvalue weighted by Gasteiger charge is -2.40. The number of hydrogen-bond donors (Lipinski definition) is 2. The zero-order valence-electron chi connectivity index (χ0n) is 20.2. The molecule has 37 heavy (non-hydrogen) atoms. The Morgan fingerprint density at radius 1 is 1.16 bits per heavy atom. The van der Waals surface area contributed by atoms with Crippen molar-refractivity contribution in [3.05, 3.63) is 51.9 Å². The van der Waals surface area contributed by atoms with E-state index in [1.807, 2.05) is 0 Å². The summed E-state index contributed by atoms with van der Waals surface area (Å²) in [4.78, 5) is 31.7. The maximum absolute atomic E-state index is 13.9. The molecule has 3 atom stereocenters. The first-order valence-electron chi connectivity index (χ1n) is 11.9. The molecule has 0 unspecified atom stereocenters. The van der Waals surface area contributed by atoms with Gasteiger partial charge in [-0.1, -0.05) is 23.2 Å². The van der Waals surface area contributed by atoms with Crippen LogP contribution >= 0.6 is 23.2 Å². The van der Waals surface area contributed by atoms with Gasteiger partial charge in [0, 0.05) is 30.4 Å². The Balaban J connectivity index is 1.37. The summed E-state index contributed by atoms with van der Waals surface area (Å²) in [7, 11) is 0. The summed E-state index contributed by atoms with van der Waals surface area (Å²) >= 11 is 11.8. The van der Waals surface area contributed by atoms with Crippen LogP contribution in [-0.4, -0.2) is 53.5 Å². The zero-order chi connectivity index (χ0) is 26.9. The maximum atomic E-state index is 13.9. The van der Waals surface area contributed by atoms with Crippen LogP contribution in [0.5, 0.6) is 5.75 Å². The highest BCUT2D eigenvalue weighted by atomic mass is 35.5. The molecule has 2 amide bonds. The number of rotatable bonds is 8.